The molecule has 1 atom stereocenters. The Kier molecular flexibility index (Phi) is 3.37. The lowest BCUT2D eigenvalue weighted by Gasteiger charge is -2.14. The number of nitriles is 1. The minimum atomic E-state index is -0.0587. The van der Waals surface area contributed by atoms with Crippen LogP contribution in [0.25, 0.3) is 0 Å². The number of hydrogen-bond donors (Lipinski definition) is 0. The van der Waals surface area contributed by atoms with Gasteiger partial charge in [0.05, 0.1) is 11.6 Å². The van der Waals surface area contributed by atoms with Crippen molar-refractivity contribution in [2.45, 2.75) is 13.0 Å². The normalized spacial score (nSPS) is 11.5. The minimum absolute atomic E-state index is 0.0587. The molecule has 17 heavy (non-hydrogen) atoms. The lowest BCUT2D eigenvalue weighted by molar-refractivity contribution is 0.226. The molecule has 0 saturated carbocycles. The van der Waals surface area contributed by atoms with Gasteiger partial charge in [0, 0.05) is 18.0 Å². The third-order valence-corrected chi connectivity index (χ3v) is 2.45. The van der Waals surface area contributed by atoms with Gasteiger partial charge in [-0.2, -0.15) is 5.26 Å². The molecule has 0 amide bonds. The van der Waals surface area contributed by atoms with Crippen molar-refractivity contribution in [2.24, 2.45) is 0 Å². The number of aromatic nitrogens is 1. The fourth-order valence-electron chi connectivity index (χ4n) is 1.50. The molecule has 0 N–H and O–H groups in total. The molecule has 0 bridgehead atoms. The van der Waals surface area contributed by atoms with Crippen LogP contribution >= 0.6 is 0 Å². The highest BCUT2D eigenvalue weighted by Gasteiger charge is 2.06. The Bertz CT molecular complexity index is 514. The molecule has 0 spiro atoms. The molecule has 84 valence electrons. The molecule has 1 aromatic heterocycles. The third kappa shape index (κ3) is 2.82. The lowest BCUT2D eigenvalue weighted by Crippen LogP contribution is -2.03. The van der Waals surface area contributed by atoms with Gasteiger partial charge in [-0.15, -0.1) is 0 Å². The average molecular weight is 224 g/mol. The summed E-state index contributed by atoms with van der Waals surface area (Å²) in [7, 11) is 0. The van der Waals surface area contributed by atoms with Gasteiger partial charge in [0.25, 0.3) is 0 Å². The molecule has 0 aliphatic rings. The molecule has 0 saturated heterocycles. The molecule has 0 fully saturated rings. The summed E-state index contributed by atoms with van der Waals surface area (Å²) >= 11 is 0. The summed E-state index contributed by atoms with van der Waals surface area (Å²) in [6.07, 6.45) is 3.46. The van der Waals surface area contributed by atoms with Gasteiger partial charge in [-0.05, 0) is 37.3 Å². The average Bonchev–Trinajstić information content (AvgIpc) is 2.40. The molecule has 3 nitrogen and oxygen atoms in total. The van der Waals surface area contributed by atoms with E-state index < -0.39 is 0 Å². The quantitative estimate of drug-likeness (QED) is 0.804. The van der Waals surface area contributed by atoms with Crippen LogP contribution in [0.15, 0.2) is 48.8 Å². The largest absolute Gasteiger partial charge is 0.486 e. The van der Waals surface area contributed by atoms with Crippen molar-refractivity contribution in [3.05, 3.63) is 59.9 Å². The monoisotopic (exact) mass is 224 g/mol. The van der Waals surface area contributed by atoms with Crippen LogP contribution in [0, 0.1) is 11.3 Å². The number of hydrogen-bond acceptors (Lipinski definition) is 3. The van der Waals surface area contributed by atoms with Crippen LogP contribution in [-0.2, 0) is 0 Å². The van der Waals surface area contributed by atoms with Crippen molar-refractivity contribution in [3.63, 3.8) is 0 Å². The van der Waals surface area contributed by atoms with Gasteiger partial charge in [0.1, 0.15) is 11.9 Å². The van der Waals surface area contributed by atoms with Gasteiger partial charge >= 0.3 is 0 Å². The minimum Gasteiger partial charge on any atom is -0.486 e. The van der Waals surface area contributed by atoms with Crippen molar-refractivity contribution >= 4 is 0 Å². The zero-order valence-corrected chi connectivity index (χ0v) is 9.50. The maximum Gasteiger partial charge on any atom is 0.122 e. The maximum atomic E-state index is 8.69. The first-order valence-electron chi connectivity index (χ1n) is 5.36. The van der Waals surface area contributed by atoms with E-state index in [9.17, 15) is 0 Å². The van der Waals surface area contributed by atoms with Gasteiger partial charge in [-0.1, -0.05) is 6.07 Å². The highest BCUT2D eigenvalue weighted by molar-refractivity contribution is 5.34. The number of ether oxygens (including phenoxy) is 1. The van der Waals surface area contributed by atoms with E-state index in [0.717, 1.165) is 11.3 Å². The van der Waals surface area contributed by atoms with E-state index in [1.165, 1.54) is 0 Å². The molecule has 0 radical (unpaired) electrons. The fraction of sp³-hybridized carbons (Fsp3) is 0.143. The second-order valence-electron chi connectivity index (χ2n) is 3.68. The van der Waals surface area contributed by atoms with Crippen LogP contribution in [0.4, 0.5) is 0 Å². The molecule has 2 aromatic rings. The van der Waals surface area contributed by atoms with Crippen molar-refractivity contribution in [2.75, 3.05) is 0 Å². The van der Waals surface area contributed by atoms with Gasteiger partial charge in [-0.3, -0.25) is 4.98 Å². The maximum absolute atomic E-state index is 8.69. The predicted octanol–water partition coefficient (Wildman–Crippen LogP) is 3.09. The predicted molar refractivity (Wildman–Crippen MR) is 64.4 cm³/mol. The Morgan fingerprint density at radius 2 is 2.00 bits per heavy atom. The Hall–Kier alpha value is -2.34. The van der Waals surface area contributed by atoms with Crippen LogP contribution in [0.3, 0.4) is 0 Å². The fourth-order valence-corrected chi connectivity index (χ4v) is 1.50. The van der Waals surface area contributed by atoms with Crippen LogP contribution in [0.1, 0.15) is 24.2 Å². The molecule has 1 heterocycles. The Morgan fingerprint density at radius 1 is 1.24 bits per heavy atom. The van der Waals surface area contributed by atoms with Crippen LogP contribution in [0.2, 0.25) is 0 Å². The standard InChI is InChI=1S/C14H12N2O/c1-11(13-3-2-8-16-10-13)17-14-6-4-12(9-15)5-7-14/h2-8,10-11H,1H3. The molecule has 1 aromatic carbocycles. The number of nitrogens with zero attached hydrogens (tertiary/aromatic N) is 2. The van der Waals surface area contributed by atoms with Gasteiger partial charge in [-0.25, -0.2) is 0 Å². The van der Waals surface area contributed by atoms with E-state index in [4.69, 9.17) is 10.00 Å². The summed E-state index contributed by atoms with van der Waals surface area (Å²) in [6.45, 7) is 1.97. The van der Waals surface area contributed by atoms with Gasteiger partial charge in [0.2, 0.25) is 0 Å². The zero-order valence-electron chi connectivity index (χ0n) is 9.50. The molecule has 0 aliphatic heterocycles. The van der Waals surface area contributed by atoms with Crippen LogP contribution < -0.4 is 4.74 Å². The SMILES string of the molecule is CC(Oc1ccc(C#N)cc1)c1cccnc1. The zero-order chi connectivity index (χ0) is 12.1. The van der Waals surface area contributed by atoms with Crippen LogP contribution in [-0.4, -0.2) is 4.98 Å². The summed E-state index contributed by atoms with van der Waals surface area (Å²) in [5.41, 5.74) is 1.66. The molecule has 1 unspecified atom stereocenters. The van der Waals surface area contributed by atoms with E-state index in [0.29, 0.717) is 5.56 Å². The summed E-state index contributed by atoms with van der Waals surface area (Å²) in [5.74, 6) is 0.750. The number of rotatable bonds is 3. The number of benzene rings is 1. The Balaban J connectivity index is 2.08. The lowest BCUT2D eigenvalue weighted by atomic mass is 10.2. The van der Waals surface area contributed by atoms with Gasteiger partial charge in [0.15, 0.2) is 0 Å². The van der Waals surface area contributed by atoms with Gasteiger partial charge < -0.3 is 4.74 Å². The number of pyridine rings is 1. The van der Waals surface area contributed by atoms with Crippen LogP contribution in [0.5, 0.6) is 5.75 Å². The Labute approximate surface area is 100 Å². The molecule has 0 aliphatic carbocycles. The highest BCUT2D eigenvalue weighted by atomic mass is 16.5. The first kappa shape index (κ1) is 11.2. The molecular weight excluding hydrogens is 212 g/mol. The van der Waals surface area contributed by atoms with E-state index in [1.54, 1.807) is 36.7 Å². The molecule has 3 heteroatoms. The first-order valence-corrected chi connectivity index (χ1v) is 5.36. The topological polar surface area (TPSA) is 45.9 Å². The molecule has 2 rings (SSSR count). The van der Waals surface area contributed by atoms with E-state index >= 15 is 0 Å². The van der Waals surface area contributed by atoms with E-state index in [2.05, 4.69) is 11.1 Å². The van der Waals surface area contributed by atoms with Crippen molar-refractivity contribution in [1.29, 1.82) is 5.26 Å². The van der Waals surface area contributed by atoms with E-state index in [-0.39, 0.29) is 6.10 Å². The smallest absolute Gasteiger partial charge is 0.122 e. The highest BCUT2D eigenvalue weighted by Crippen LogP contribution is 2.21. The van der Waals surface area contributed by atoms with Crippen molar-refractivity contribution < 1.29 is 4.74 Å². The second-order valence-corrected chi connectivity index (χ2v) is 3.68. The summed E-state index contributed by atoms with van der Waals surface area (Å²) in [5, 5.41) is 8.69. The molecular formula is C14H12N2O. The third-order valence-electron chi connectivity index (χ3n) is 2.45. The van der Waals surface area contributed by atoms with Crippen molar-refractivity contribution in [3.8, 4) is 11.8 Å². The summed E-state index contributed by atoms with van der Waals surface area (Å²) in [4.78, 5) is 4.05. The summed E-state index contributed by atoms with van der Waals surface area (Å²) in [6, 6.07) is 13.0. The Morgan fingerprint density at radius 3 is 2.59 bits per heavy atom. The first-order chi connectivity index (χ1) is 8.29. The van der Waals surface area contributed by atoms with Crippen molar-refractivity contribution in [1.82, 2.24) is 4.98 Å². The second kappa shape index (κ2) is 5.13. The summed E-state index contributed by atoms with van der Waals surface area (Å²) < 4.78 is 5.75. The van der Waals surface area contributed by atoms with E-state index in [1.807, 2.05) is 19.1 Å².